The first-order chi connectivity index (χ1) is 9.88. The van der Waals surface area contributed by atoms with Crippen LogP contribution in [0.5, 0.6) is 0 Å². The second-order valence-electron chi connectivity index (χ2n) is 4.14. The number of nitro benzene ring substituents is 1. The maximum absolute atomic E-state index is 13.6. The van der Waals surface area contributed by atoms with Crippen LogP contribution in [0, 0.1) is 22.9 Å². The lowest BCUT2D eigenvalue weighted by atomic mass is 10.1. The van der Waals surface area contributed by atoms with Crippen LogP contribution in [0.15, 0.2) is 34.9 Å². The van der Waals surface area contributed by atoms with Crippen molar-refractivity contribution in [3.63, 3.8) is 0 Å². The van der Waals surface area contributed by atoms with Crippen LogP contribution in [0.25, 0.3) is 0 Å². The van der Waals surface area contributed by atoms with Gasteiger partial charge in [0, 0.05) is 12.1 Å². The van der Waals surface area contributed by atoms with Gasteiger partial charge in [-0.1, -0.05) is 0 Å². The van der Waals surface area contributed by atoms with Crippen molar-refractivity contribution in [1.29, 1.82) is 0 Å². The molecule has 1 aromatic heterocycles. The molecule has 0 fully saturated rings. The number of nitrogens with one attached hydrogen (secondary N) is 1. The number of anilines is 1. The molecular weight excluding hydrogens is 345 g/mol. The topological polar surface area (TPSA) is 85.1 Å². The fourth-order valence-electron chi connectivity index (χ4n) is 1.65. The van der Waals surface area contributed by atoms with Gasteiger partial charge in [-0.2, -0.15) is 0 Å². The smallest absolute Gasteiger partial charge is 0.270 e. The monoisotopic (exact) mass is 353 g/mol. The van der Waals surface area contributed by atoms with E-state index in [1.165, 1.54) is 0 Å². The third kappa shape index (κ3) is 3.40. The lowest BCUT2D eigenvalue weighted by Gasteiger charge is -2.08. The summed E-state index contributed by atoms with van der Waals surface area (Å²) >= 11 is 3.19. The first-order valence-electron chi connectivity index (χ1n) is 5.77. The number of nitro groups is 1. The Morgan fingerprint density at radius 1 is 1.38 bits per heavy atom. The summed E-state index contributed by atoms with van der Waals surface area (Å²) < 4.78 is 14.2. The van der Waals surface area contributed by atoms with E-state index in [2.05, 4.69) is 26.2 Å². The van der Waals surface area contributed by atoms with Gasteiger partial charge in [0.2, 0.25) is 0 Å². The van der Waals surface area contributed by atoms with Crippen LogP contribution in [0.1, 0.15) is 16.1 Å². The van der Waals surface area contributed by atoms with Gasteiger partial charge in [-0.15, -0.1) is 0 Å². The summed E-state index contributed by atoms with van der Waals surface area (Å²) in [7, 11) is 0. The molecule has 0 aliphatic carbocycles. The molecule has 0 bridgehead atoms. The van der Waals surface area contributed by atoms with E-state index in [4.69, 9.17) is 0 Å². The Morgan fingerprint density at radius 3 is 2.71 bits per heavy atom. The highest BCUT2D eigenvalue weighted by Gasteiger charge is 2.17. The minimum atomic E-state index is -0.833. The summed E-state index contributed by atoms with van der Waals surface area (Å²) in [5.74, 6) is -1.61. The average molecular weight is 354 g/mol. The lowest BCUT2D eigenvalue weighted by Crippen LogP contribution is -2.15. The van der Waals surface area contributed by atoms with E-state index < -0.39 is 22.2 Å². The number of carbonyl (C=O) groups excluding carboxylic acids is 1. The van der Waals surface area contributed by atoms with E-state index in [0.29, 0.717) is 16.0 Å². The normalized spacial score (nSPS) is 10.2. The summed E-state index contributed by atoms with van der Waals surface area (Å²) in [5.41, 5.74) is 0.177. The van der Waals surface area contributed by atoms with Crippen molar-refractivity contribution < 1.29 is 14.1 Å². The van der Waals surface area contributed by atoms with Gasteiger partial charge >= 0.3 is 0 Å². The fourth-order valence-corrected chi connectivity index (χ4v) is 2.05. The molecule has 6 nitrogen and oxygen atoms in total. The van der Waals surface area contributed by atoms with Crippen molar-refractivity contribution in [3.05, 3.63) is 62.1 Å². The summed E-state index contributed by atoms with van der Waals surface area (Å²) in [6.07, 6.45) is 0. The molecular formula is C13H9BrFN3O3. The number of aromatic nitrogens is 1. The molecule has 0 saturated carbocycles. The predicted octanol–water partition coefficient (Wildman–Crippen LogP) is 3.45. The average Bonchev–Trinajstić information content (AvgIpc) is 2.42. The maximum atomic E-state index is 13.6. The zero-order valence-corrected chi connectivity index (χ0v) is 12.3. The first-order valence-corrected chi connectivity index (χ1v) is 6.56. The maximum Gasteiger partial charge on any atom is 0.270 e. The van der Waals surface area contributed by atoms with E-state index in [1.54, 1.807) is 19.1 Å². The molecule has 2 rings (SSSR count). The molecule has 0 aliphatic rings. The van der Waals surface area contributed by atoms with Gasteiger partial charge in [-0.25, -0.2) is 9.37 Å². The van der Waals surface area contributed by atoms with Gasteiger partial charge in [0.1, 0.15) is 10.4 Å². The number of carbonyl (C=O) groups is 1. The van der Waals surface area contributed by atoms with Crippen LogP contribution in [-0.4, -0.2) is 15.8 Å². The molecule has 0 atom stereocenters. The number of halogens is 2. The highest BCUT2D eigenvalue weighted by molar-refractivity contribution is 9.10. The number of amides is 1. The second-order valence-corrected chi connectivity index (χ2v) is 4.95. The Balaban J connectivity index is 2.32. The third-order valence-electron chi connectivity index (χ3n) is 2.71. The van der Waals surface area contributed by atoms with Crippen LogP contribution < -0.4 is 5.32 Å². The minimum Gasteiger partial charge on any atom is -0.320 e. The van der Waals surface area contributed by atoms with E-state index in [-0.39, 0.29) is 5.69 Å². The number of hydrogen-bond acceptors (Lipinski definition) is 4. The van der Waals surface area contributed by atoms with Crippen molar-refractivity contribution in [2.45, 2.75) is 6.92 Å². The molecule has 2 aromatic rings. The Morgan fingerprint density at radius 2 is 2.10 bits per heavy atom. The zero-order chi connectivity index (χ0) is 15.6. The SMILES string of the molecule is Cc1nc(Br)ccc1NC(=O)c1cc([N+](=O)[O-])ccc1F. The van der Waals surface area contributed by atoms with E-state index >= 15 is 0 Å². The van der Waals surface area contributed by atoms with E-state index in [0.717, 1.165) is 18.2 Å². The summed E-state index contributed by atoms with van der Waals surface area (Å²) in [6, 6.07) is 6.00. The molecule has 0 aliphatic heterocycles. The highest BCUT2D eigenvalue weighted by atomic mass is 79.9. The van der Waals surface area contributed by atoms with Crippen molar-refractivity contribution in [2.24, 2.45) is 0 Å². The van der Waals surface area contributed by atoms with Crippen LogP contribution in [0.2, 0.25) is 0 Å². The number of non-ortho nitro benzene ring substituents is 1. The zero-order valence-electron chi connectivity index (χ0n) is 10.8. The summed E-state index contributed by atoms with van der Waals surface area (Å²) in [5, 5.41) is 13.1. The van der Waals surface area contributed by atoms with Gasteiger partial charge in [-0.3, -0.25) is 14.9 Å². The van der Waals surface area contributed by atoms with Gasteiger partial charge in [0.15, 0.2) is 0 Å². The van der Waals surface area contributed by atoms with Gasteiger partial charge in [0.05, 0.1) is 21.9 Å². The number of pyridine rings is 1. The molecule has 1 amide bonds. The van der Waals surface area contributed by atoms with Crippen molar-refractivity contribution in [2.75, 3.05) is 5.32 Å². The van der Waals surface area contributed by atoms with Crippen molar-refractivity contribution in [3.8, 4) is 0 Å². The number of nitrogens with zero attached hydrogens (tertiary/aromatic N) is 2. The molecule has 1 aromatic carbocycles. The van der Waals surface area contributed by atoms with Gasteiger partial charge < -0.3 is 5.32 Å². The Kier molecular flexibility index (Phi) is 4.27. The van der Waals surface area contributed by atoms with Crippen LogP contribution in [0.3, 0.4) is 0 Å². The molecule has 0 radical (unpaired) electrons. The molecule has 0 saturated heterocycles. The van der Waals surface area contributed by atoms with E-state index in [9.17, 15) is 19.3 Å². The Bertz CT molecular complexity index is 737. The van der Waals surface area contributed by atoms with Gasteiger partial charge in [-0.05, 0) is 41.1 Å². The standard InChI is InChI=1S/C13H9BrFN3O3/c1-7-11(4-5-12(14)16-7)17-13(19)9-6-8(18(20)21)2-3-10(9)15/h2-6H,1H3,(H,17,19). The third-order valence-corrected chi connectivity index (χ3v) is 3.15. The van der Waals surface area contributed by atoms with Crippen LogP contribution in [0.4, 0.5) is 15.8 Å². The van der Waals surface area contributed by atoms with Crippen LogP contribution in [-0.2, 0) is 0 Å². The minimum absolute atomic E-state index is 0.354. The fraction of sp³-hybridized carbons (Fsp3) is 0.0769. The van der Waals surface area contributed by atoms with Crippen molar-refractivity contribution >= 4 is 33.2 Å². The lowest BCUT2D eigenvalue weighted by molar-refractivity contribution is -0.384. The predicted molar refractivity (Wildman–Crippen MR) is 77.7 cm³/mol. The molecule has 1 N–H and O–H groups in total. The molecule has 0 unspecified atom stereocenters. The molecule has 21 heavy (non-hydrogen) atoms. The number of benzene rings is 1. The first kappa shape index (κ1) is 15.0. The molecule has 1 heterocycles. The molecule has 108 valence electrons. The number of hydrogen-bond donors (Lipinski definition) is 1. The quantitative estimate of drug-likeness (QED) is 0.520. The molecule has 0 spiro atoms. The second kappa shape index (κ2) is 5.96. The molecule has 8 heteroatoms. The van der Waals surface area contributed by atoms with Crippen LogP contribution >= 0.6 is 15.9 Å². The van der Waals surface area contributed by atoms with E-state index in [1.807, 2.05) is 0 Å². The van der Waals surface area contributed by atoms with Crippen molar-refractivity contribution in [1.82, 2.24) is 4.98 Å². The highest BCUT2D eigenvalue weighted by Crippen LogP contribution is 2.20. The summed E-state index contributed by atoms with van der Waals surface area (Å²) in [6.45, 7) is 1.67. The largest absolute Gasteiger partial charge is 0.320 e. The summed E-state index contributed by atoms with van der Waals surface area (Å²) in [4.78, 5) is 26.1. The Hall–Kier alpha value is -2.35. The van der Waals surface area contributed by atoms with Gasteiger partial charge in [0.25, 0.3) is 11.6 Å². The Labute approximate surface area is 127 Å². The number of aryl methyl sites for hydroxylation is 1. The number of rotatable bonds is 3.